The molecule has 0 atom stereocenters. The molecular formula is C84H52. The van der Waals surface area contributed by atoms with Crippen molar-refractivity contribution in [2.24, 2.45) is 0 Å². The molecule has 0 N–H and O–H groups in total. The highest BCUT2D eigenvalue weighted by molar-refractivity contribution is 6.45. The largest absolute Gasteiger partial charge is 0.0622 e. The fourth-order valence-electron chi connectivity index (χ4n) is 14.2. The molecule has 0 amide bonds. The zero-order chi connectivity index (χ0) is 55.2. The van der Waals surface area contributed by atoms with Crippen LogP contribution in [0.2, 0.25) is 0 Å². The van der Waals surface area contributed by atoms with E-state index in [9.17, 15) is 0 Å². The van der Waals surface area contributed by atoms with E-state index in [1.54, 1.807) is 0 Å². The van der Waals surface area contributed by atoms with Crippen LogP contribution >= 0.6 is 0 Å². The number of benzene rings is 15. The molecule has 0 fully saturated rings. The lowest BCUT2D eigenvalue weighted by molar-refractivity contribution is 1.58. The smallest absolute Gasteiger partial charge is 0.000718 e. The molecule has 0 aromatic heterocycles. The monoisotopic (exact) mass is 1060 g/mol. The van der Waals surface area contributed by atoms with Gasteiger partial charge in [0.05, 0.1) is 0 Å². The first-order valence-corrected chi connectivity index (χ1v) is 29.2. The van der Waals surface area contributed by atoms with Crippen molar-refractivity contribution in [3.05, 3.63) is 315 Å². The summed E-state index contributed by atoms with van der Waals surface area (Å²) in [5, 5.41) is 17.8. The van der Waals surface area contributed by atoms with Gasteiger partial charge in [-0.1, -0.05) is 255 Å². The van der Waals surface area contributed by atoms with Gasteiger partial charge in [0.25, 0.3) is 0 Å². The standard InChI is InChI=1S/C84H52/c1-7-23-53(24-8-1)59-43-60(54-25-9-2-10-26-54)47-65(46-59)68-41-42-75-80-71(68)37-21-40-74(80)84-79(67-50-63(57-31-15-5-16-32-57)45-64(51-67)58-33-17-6-18-34-58)82-73-39-22-38-72-69-35-19-20-36-70(69)76(81(72)73)52-77(82)78(83(75)84)66-48-61(55-27-11-3-12-28-55)44-62(49-66)56-29-13-4-14-30-56/h1-52H. The van der Waals surface area contributed by atoms with Gasteiger partial charge in [0.15, 0.2) is 0 Å². The van der Waals surface area contributed by atoms with Gasteiger partial charge in [0.1, 0.15) is 0 Å². The van der Waals surface area contributed by atoms with Crippen molar-refractivity contribution in [1.29, 1.82) is 0 Å². The first-order chi connectivity index (χ1) is 41.7. The number of hydrogen-bond donors (Lipinski definition) is 0. The predicted molar refractivity (Wildman–Crippen MR) is 360 cm³/mol. The number of hydrogen-bond acceptors (Lipinski definition) is 0. The topological polar surface area (TPSA) is 0 Å². The molecule has 17 aromatic carbocycles. The summed E-state index contributed by atoms with van der Waals surface area (Å²) in [5.41, 5.74) is 21.5. The highest BCUT2D eigenvalue weighted by Gasteiger charge is 2.28. The van der Waals surface area contributed by atoms with Crippen LogP contribution < -0.4 is 0 Å². The van der Waals surface area contributed by atoms with Gasteiger partial charge in [-0.25, -0.2) is 0 Å². The van der Waals surface area contributed by atoms with Crippen LogP contribution in [0, 0.1) is 0 Å². The van der Waals surface area contributed by atoms with E-state index in [1.807, 2.05) is 0 Å². The van der Waals surface area contributed by atoms with Gasteiger partial charge in [-0.05, 0) is 236 Å². The van der Waals surface area contributed by atoms with E-state index in [0.29, 0.717) is 0 Å². The van der Waals surface area contributed by atoms with Crippen LogP contribution in [0.1, 0.15) is 0 Å². The van der Waals surface area contributed by atoms with Crippen molar-refractivity contribution in [3.63, 3.8) is 0 Å². The Kier molecular flexibility index (Phi) is 11.0. The van der Waals surface area contributed by atoms with E-state index in [-0.39, 0.29) is 0 Å². The lowest BCUT2D eigenvalue weighted by Gasteiger charge is -2.21. The van der Waals surface area contributed by atoms with Crippen molar-refractivity contribution in [1.82, 2.24) is 0 Å². The molecule has 388 valence electrons. The molecule has 0 saturated carbocycles. The lowest BCUT2D eigenvalue weighted by Crippen LogP contribution is -1.94. The molecule has 0 unspecified atom stereocenters. The average Bonchev–Trinajstić information content (AvgIpc) is 2.01. The van der Waals surface area contributed by atoms with Gasteiger partial charge >= 0.3 is 0 Å². The van der Waals surface area contributed by atoms with E-state index >= 15 is 0 Å². The molecule has 0 heterocycles. The third-order valence-electron chi connectivity index (χ3n) is 17.8. The van der Waals surface area contributed by atoms with Crippen LogP contribution in [0.25, 0.3) is 176 Å². The normalized spacial score (nSPS) is 11.8. The van der Waals surface area contributed by atoms with Crippen molar-refractivity contribution in [3.8, 4) is 100 Å². The molecule has 0 spiro atoms. The van der Waals surface area contributed by atoms with Crippen LogP contribution in [0.3, 0.4) is 0 Å². The van der Waals surface area contributed by atoms with Crippen molar-refractivity contribution < 1.29 is 0 Å². The average molecular weight is 1060 g/mol. The van der Waals surface area contributed by atoms with Gasteiger partial charge in [0, 0.05) is 0 Å². The third-order valence-corrected chi connectivity index (χ3v) is 17.8. The minimum Gasteiger partial charge on any atom is -0.0622 e. The Labute approximate surface area is 488 Å². The van der Waals surface area contributed by atoms with Gasteiger partial charge in [-0.3, -0.25) is 0 Å². The molecule has 0 nitrogen and oxygen atoms in total. The summed E-state index contributed by atoms with van der Waals surface area (Å²) in [4.78, 5) is 0. The Morgan fingerprint density at radius 2 is 0.417 bits per heavy atom. The molecule has 0 aliphatic carbocycles. The minimum absolute atomic E-state index is 1.18. The van der Waals surface area contributed by atoms with Crippen LogP contribution in [0.5, 0.6) is 0 Å². The van der Waals surface area contributed by atoms with Crippen molar-refractivity contribution >= 4 is 75.4 Å². The third kappa shape index (κ3) is 7.69. The van der Waals surface area contributed by atoms with Crippen LogP contribution in [-0.4, -0.2) is 0 Å². The molecule has 0 aliphatic heterocycles. The Hall–Kier alpha value is -10.9. The summed E-state index contributed by atoms with van der Waals surface area (Å²) in [6.45, 7) is 0. The molecular weight excluding hydrogens is 1010 g/mol. The van der Waals surface area contributed by atoms with Gasteiger partial charge in [-0.15, -0.1) is 0 Å². The maximum Gasteiger partial charge on any atom is -0.000718 e. The SMILES string of the molecule is c1ccc(-c2cc(-c3ccccc3)cc(-c3ccc4c5c(-c6cc(-c7ccccc7)cc(-c7ccccc7)c6)c6cc7c8ccccc8c8cccc(c6c(-c6cc(-c9ccccc9)cc(-c9ccccc9)c6)c5c5cccc3c45)c87)c2)cc1. The van der Waals surface area contributed by atoms with E-state index < -0.39 is 0 Å². The van der Waals surface area contributed by atoms with E-state index in [4.69, 9.17) is 0 Å². The second kappa shape index (κ2) is 19.4. The molecule has 17 rings (SSSR count). The van der Waals surface area contributed by atoms with Gasteiger partial charge < -0.3 is 0 Å². The molecule has 0 heteroatoms. The Balaban J connectivity index is 1.09. The summed E-state index contributed by atoms with van der Waals surface area (Å²) in [6, 6.07) is 118. The predicted octanol–water partition coefficient (Wildman–Crippen LogP) is 23.6. The summed E-state index contributed by atoms with van der Waals surface area (Å²) >= 11 is 0. The summed E-state index contributed by atoms with van der Waals surface area (Å²) in [7, 11) is 0. The molecule has 0 radical (unpaired) electrons. The lowest BCUT2D eigenvalue weighted by atomic mass is 9.81. The highest BCUT2D eigenvalue weighted by Crippen LogP contribution is 2.56. The zero-order valence-corrected chi connectivity index (χ0v) is 46.0. The fourth-order valence-corrected chi connectivity index (χ4v) is 14.2. The number of rotatable bonds is 9. The first kappa shape index (κ1) is 47.8. The maximum atomic E-state index is 2.58. The second-order valence-corrected chi connectivity index (χ2v) is 22.6. The molecule has 0 aliphatic rings. The summed E-state index contributed by atoms with van der Waals surface area (Å²) in [5.74, 6) is 0. The van der Waals surface area contributed by atoms with Crippen LogP contribution in [0.4, 0.5) is 0 Å². The molecule has 17 aromatic rings. The van der Waals surface area contributed by atoms with Crippen LogP contribution in [-0.2, 0) is 0 Å². The Morgan fingerprint density at radius 3 is 0.857 bits per heavy atom. The van der Waals surface area contributed by atoms with Crippen LogP contribution in [0.15, 0.2) is 315 Å². The quantitative estimate of drug-likeness (QED) is 0.126. The summed E-state index contributed by atoms with van der Waals surface area (Å²) in [6.07, 6.45) is 0. The number of fused-ring (bicyclic) bond motifs is 8. The minimum atomic E-state index is 1.18. The van der Waals surface area contributed by atoms with E-state index in [2.05, 4.69) is 315 Å². The molecule has 0 bridgehead atoms. The maximum absolute atomic E-state index is 2.58. The Morgan fingerprint density at radius 1 is 0.119 bits per heavy atom. The first-order valence-electron chi connectivity index (χ1n) is 29.2. The summed E-state index contributed by atoms with van der Waals surface area (Å²) < 4.78 is 0. The molecule has 0 saturated heterocycles. The fraction of sp³-hybridized carbons (Fsp3) is 0. The molecule has 84 heavy (non-hydrogen) atoms. The zero-order valence-electron chi connectivity index (χ0n) is 46.0. The van der Waals surface area contributed by atoms with E-state index in [1.165, 1.54) is 176 Å². The highest BCUT2D eigenvalue weighted by atomic mass is 14.3. The van der Waals surface area contributed by atoms with Gasteiger partial charge in [-0.2, -0.15) is 0 Å². The van der Waals surface area contributed by atoms with Crippen molar-refractivity contribution in [2.75, 3.05) is 0 Å². The van der Waals surface area contributed by atoms with E-state index in [0.717, 1.165) is 0 Å². The van der Waals surface area contributed by atoms with Crippen molar-refractivity contribution in [2.45, 2.75) is 0 Å². The Bertz CT molecular complexity index is 5180. The van der Waals surface area contributed by atoms with Gasteiger partial charge in [0.2, 0.25) is 0 Å². The second-order valence-electron chi connectivity index (χ2n) is 22.6.